The zero-order valence-electron chi connectivity index (χ0n) is 11.0. The maximum Gasteiger partial charge on any atom is 0.0795 e. The Morgan fingerprint density at radius 3 is 2.63 bits per heavy atom. The molecule has 1 unspecified atom stereocenters. The minimum absolute atomic E-state index is 0.0534. The third-order valence-corrected chi connectivity index (χ3v) is 3.38. The Morgan fingerprint density at radius 2 is 1.89 bits per heavy atom. The highest BCUT2D eigenvalue weighted by molar-refractivity contribution is 5.82. The van der Waals surface area contributed by atoms with Gasteiger partial charge in [-0.25, -0.2) is 0 Å². The molecule has 0 saturated heterocycles. The summed E-state index contributed by atoms with van der Waals surface area (Å²) in [6.07, 6.45) is 2.73. The van der Waals surface area contributed by atoms with Gasteiger partial charge >= 0.3 is 0 Å². The highest BCUT2D eigenvalue weighted by atomic mass is 15.3. The van der Waals surface area contributed by atoms with Crippen LogP contribution < -0.4 is 5.73 Å². The monoisotopic (exact) mass is 251 g/mol. The Labute approximate surface area is 112 Å². The fourth-order valence-electron chi connectivity index (χ4n) is 2.36. The Balaban J connectivity index is 1.84. The number of nitrogens with zero attached hydrogens (tertiary/aromatic N) is 2. The summed E-state index contributed by atoms with van der Waals surface area (Å²) in [7, 11) is 1.91. The van der Waals surface area contributed by atoms with Gasteiger partial charge in [-0.05, 0) is 28.8 Å². The van der Waals surface area contributed by atoms with E-state index in [1.54, 1.807) is 4.68 Å². The molecule has 0 aliphatic rings. The second-order valence-corrected chi connectivity index (χ2v) is 4.91. The van der Waals surface area contributed by atoms with Gasteiger partial charge in [-0.2, -0.15) is 5.10 Å². The Bertz CT molecular complexity index is 700. The molecule has 3 heteroatoms. The van der Waals surface area contributed by atoms with Crippen LogP contribution in [0, 0.1) is 0 Å². The number of aromatic nitrogens is 2. The molecule has 96 valence electrons. The molecular formula is C16H17N3. The van der Waals surface area contributed by atoms with Crippen molar-refractivity contribution in [3.05, 3.63) is 66.0 Å². The van der Waals surface area contributed by atoms with Crippen LogP contribution in [0.15, 0.2) is 54.7 Å². The Kier molecular flexibility index (Phi) is 3.05. The molecule has 0 spiro atoms. The molecule has 0 fully saturated rings. The van der Waals surface area contributed by atoms with Crippen molar-refractivity contribution in [2.45, 2.75) is 12.5 Å². The number of benzene rings is 2. The van der Waals surface area contributed by atoms with E-state index in [9.17, 15) is 0 Å². The average molecular weight is 251 g/mol. The highest BCUT2D eigenvalue weighted by Crippen LogP contribution is 2.19. The van der Waals surface area contributed by atoms with Crippen LogP contribution >= 0.6 is 0 Å². The van der Waals surface area contributed by atoms with Crippen molar-refractivity contribution in [3.63, 3.8) is 0 Å². The van der Waals surface area contributed by atoms with Gasteiger partial charge in [0.1, 0.15) is 0 Å². The predicted molar refractivity (Wildman–Crippen MR) is 77.8 cm³/mol. The zero-order valence-corrected chi connectivity index (χ0v) is 11.0. The maximum absolute atomic E-state index is 6.21. The summed E-state index contributed by atoms with van der Waals surface area (Å²) < 4.78 is 1.79. The lowest BCUT2D eigenvalue weighted by atomic mass is 10.0. The first-order valence-electron chi connectivity index (χ1n) is 6.45. The number of nitrogens with two attached hydrogens (primary N) is 1. The van der Waals surface area contributed by atoms with Gasteiger partial charge in [-0.15, -0.1) is 0 Å². The summed E-state index contributed by atoms with van der Waals surface area (Å²) in [6.45, 7) is 0. The number of aryl methyl sites for hydroxylation is 1. The molecular weight excluding hydrogens is 234 g/mol. The van der Waals surface area contributed by atoms with E-state index in [1.807, 2.05) is 19.3 Å². The first-order chi connectivity index (χ1) is 9.22. The second kappa shape index (κ2) is 4.86. The summed E-state index contributed by atoms with van der Waals surface area (Å²) in [5.74, 6) is 0. The van der Waals surface area contributed by atoms with Crippen LogP contribution in [-0.2, 0) is 13.5 Å². The molecule has 1 aromatic heterocycles. The summed E-state index contributed by atoms with van der Waals surface area (Å²) in [6, 6.07) is 16.8. The summed E-state index contributed by atoms with van der Waals surface area (Å²) in [5, 5.41) is 6.88. The van der Waals surface area contributed by atoms with Crippen LogP contribution in [-0.4, -0.2) is 9.78 Å². The largest absolute Gasteiger partial charge is 0.322 e. The van der Waals surface area contributed by atoms with Crippen LogP contribution in [0.2, 0.25) is 0 Å². The van der Waals surface area contributed by atoms with Crippen LogP contribution in [0.25, 0.3) is 10.8 Å². The van der Waals surface area contributed by atoms with Crippen LogP contribution in [0.3, 0.4) is 0 Å². The molecule has 0 radical (unpaired) electrons. The molecule has 0 saturated carbocycles. The van der Waals surface area contributed by atoms with Gasteiger partial charge in [0.25, 0.3) is 0 Å². The fourth-order valence-corrected chi connectivity index (χ4v) is 2.36. The third-order valence-electron chi connectivity index (χ3n) is 3.38. The molecule has 0 aliphatic carbocycles. The van der Waals surface area contributed by atoms with E-state index in [2.05, 4.69) is 47.6 Å². The van der Waals surface area contributed by atoms with Gasteiger partial charge in [0.05, 0.1) is 11.7 Å². The van der Waals surface area contributed by atoms with Crippen molar-refractivity contribution in [3.8, 4) is 0 Å². The van der Waals surface area contributed by atoms with Gasteiger partial charge in [0.2, 0.25) is 0 Å². The van der Waals surface area contributed by atoms with Crippen LogP contribution in [0.1, 0.15) is 17.3 Å². The molecule has 1 atom stereocenters. The maximum atomic E-state index is 6.21. The molecule has 3 rings (SSSR count). The molecule has 2 N–H and O–H groups in total. The lowest BCUT2D eigenvalue weighted by Gasteiger charge is -2.09. The first kappa shape index (κ1) is 11.9. The molecule has 3 aromatic rings. The normalized spacial score (nSPS) is 12.7. The number of fused-ring (bicyclic) bond motifs is 1. The van der Waals surface area contributed by atoms with E-state index in [0.29, 0.717) is 0 Å². The topological polar surface area (TPSA) is 43.8 Å². The van der Waals surface area contributed by atoms with Crippen molar-refractivity contribution in [1.82, 2.24) is 9.78 Å². The van der Waals surface area contributed by atoms with Crippen LogP contribution in [0.4, 0.5) is 0 Å². The number of hydrogen-bond donors (Lipinski definition) is 1. The van der Waals surface area contributed by atoms with Gasteiger partial charge in [0, 0.05) is 13.2 Å². The van der Waals surface area contributed by atoms with Gasteiger partial charge in [-0.1, -0.05) is 42.5 Å². The third kappa shape index (κ3) is 2.51. The van der Waals surface area contributed by atoms with E-state index in [1.165, 1.54) is 16.3 Å². The van der Waals surface area contributed by atoms with E-state index < -0.39 is 0 Å². The van der Waals surface area contributed by atoms with E-state index in [-0.39, 0.29) is 6.04 Å². The van der Waals surface area contributed by atoms with Crippen molar-refractivity contribution in [2.75, 3.05) is 0 Å². The Hall–Kier alpha value is -2.13. The molecule has 0 aliphatic heterocycles. The minimum atomic E-state index is -0.0534. The SMILES string of the molecule is Cn1ccc(C(N)Cc2ccc3ccccc3c2)n1. The second-order valence-electron chi connectivity index (χ2n) is 4.91. The Morgan fingerprint density at radius 1 is 1.11 bits per heavy atom. The van der Waals surface area contributed by atoms with Crippen LogP contribution in [0.5, 0.6) is 0 Å². The van der Waals surface area contributed by atoms with Gasteiger partial charge < -0.3 is 5.73 Å². The minimum Gasteiger partial charge on any atom is -0.322 e. The highest BCUT2D eigenvalue weighted by Gasteiger charge is 2.10. The summed E-state index contributed by atoms with van der Waals surface area (Å²) in [5.41, 5.74) is 8.40. The van der Waals surface area contributed by atoms with Crippen molar-refractivity contribution in [2.24, 2.45) is 12.8 Å². The molecule has 0 bridgehead atoms. The average Bonchev–Trinajstić information content (AvgIpc) is 2.85. The first-order valence-corrected chi connectivity index (χ1v) is 6.45. The quantitative estimate of drug-likeness (QED) is 0.778. The van der Waals surface area contributed by atoms with Gasteiger partial charge in [-0.3, -0.25) is 4.68 Å². The summed E-state index contributed by atoms with van der Waals surface area (Å²) >= 11 is 0. The number of hydrogen-bond acceptors (Lipinski definition) is 2. The van der Waals surface area contributed by atoms with Crippen molar-refractivity contribution >= 4 is 10.8 Å². The van der Waals surface area contributed by atoms with E-state index in [0.717, 1.165) is 12.1 Å². The molecule has 0 amide bonds. The van der Waals surface area contributed by atoms with E-state index in [4.69, 9.17) is 5.73 Å². The molecule has 19 heavy (non-hydrogen) atoms. The summed E-state index contributed by atoms with van der Waals surface area (Å²) in [4.78, 5) is 0. The predicted octanol–water partition coefficient (Wildman–Crippen LogP) is 2.82. The standard InChI is InChI=1S/C16H17N3/c1-19-9-8-16(18-19)15(17)11-12-6-7-13-4-2-3-5-14(13)10-12/h2-10,15H,11,17H2,1H3. The number of rotatable bonds is 3. The van der Waals surface area contributed by atoms with Crippen molar-refractivity contribution < 1.29 is 0 Å². The fraction of sp³-hybridized carbons (Fsp3) is 0.188. The molecule has 1 heterocycles. The lowest BCUT2D eigenvalue weighted by Crippen LogP contribution is -2.14. The van der Waals surface area contributed by atoms with Gasteiger partial charge in [0.15, 0.2) is 0 Å². The lowest BCUT2D eigenvalue weighted by molar-refractivity contribution is 0.657. The molecule has 2 aromatic carbocycles. The smallest absolute Gasteiger partial charge is 0.0795 e. The van der Waals surface area contributed by atoms with E-state index >= 15 is 0 Å². The zero-order chi connectivity index (χ0) is 13.2. The molecule has 3 nitrogen and oxygen atoms in total. The van der Waals surface area contributed by atoms with Crippen molar-refractivity contribution in [1.29, 1.82) is 0 Å².